The number of nitrogens with zero attached hydrogens (tertiary/aromatic N) is 5. The van der Waals surface area contributed by atoms with Crippen LogP contribution < -0.4 is 15.5 Å². The van der Waals surface area contributed by atoms with E-state index in [1.54, 1.807) is 22.8 Å². The first-order valence-electron chi connectivity index (χ1n) is 11.6. The van der Waals surface area contributed by atoms with E-state index in [2.05, 4.69) is 25.7 Å². The second kappa shape index (κ2) is 10.4. The van der Waals surface area contributed by atoms with Gasteiger partial charge in [0.25, 0.3) is 5.91 Å². The van der Waals surface area contributed by atoms with Crippen molar-refractivity contribution in [3.8, 4) is 0 Å². The number of pyridine rings is 1. The molecule has 1 aromatic carbocycles. The third kappa shape index (κ3) is 5.46. The zero-order chi connectivity index (χ0) is 24.2. The van der Waals surface area contributed by atoms with Crippen LogP contribution in [0.15, 0.2) is 53.8 Å². The third-order valence-electron chi connectivity index (χ3n) is 6.05. The van der Waals surface area contributed by atoms with E-state index in [0.717, 1.165) is 48.0 Å². The highest BCUT2D eigenvalue weighted by molar-refractivity contribution is 7.99. The molecule has 1 atom stereocenters. The van der Waals surface area contributed by atoms with Gasteiger partial charge in [-0.2, -0.15) is 0 Å². The average Bonchev–Trinajstić information content (AvgIpc) is 3.32. The molecule has 5 rings (SSSR count). The molecule has 2 amide bonds. The number of nitrogens with one attached hydrogen (secondary N) is 2. The lowest BCUT2D eigenvalue weighted by atomic mass is 10.1. The summed E-state index contributed by atoms with van der Waals surface area (Å²) in [6.07, 6.45) is 5.14. The molecule has 1 fully saturated rings. The van der Waals surface area contributed by atoms with E-state index in [0.29, 0.717) is 18.3 Å². The lowest BCUT2D eigenvalue weighted by Gasteiger charge is -2.25. The molecule has 0 spiro atoms. The molecule has 0 bridgehead atoms. The van der Waals surface area contributed by atoms with Crippen molar-refractivity contribution in [2.75, 3.05) is 36.2 Å². The smallest absolute Gasteiger partial charge is 0.291 e. The summed E-state index contributed by atoms with van der Waals surface area (Å²) in [4.78, 5) is 37.2. The summed E-state index contributed by atoms with van der Waals surface area (Å²) in [6, 6.07) is 11.3. The van der Waals surface area contributed by atoms with Gasteiger partial charge in [0.2, 0.25) is 11.7 Å². The number of anilines is 2. The number of hydrogen-bond donors (Lipinski definition) is 2. The van der Waals surface area contributed by atoms with Crippen LogP contribution >= 0.6 is 11.8 Å². The number of thioether (sulfide) groups is 1. The number of hydrogen-bond acceptors (Lipinski definition) is 8. The number of carbonyl (C=O) groups excluding carboxylic acids is 2. The van der Waals surface area contributed by atoms with Crippen molar-refractivity contribution in [1.82, 2.24) is 25.1 Å². The minimum absolute atomic E-state index is 0.0350. The first-order valence-corrected chi connectivity index (χ1v) is 12.5. The Labute approximate surface area is 207 Å². The topological polar surface area (TPSA) is 114 Å². The fourth-order valence-corrected chi connectivity index (χ4v) is 5.15. The standard InChI is InChI=1S/C24H27N7O3S/c1-30-19-11-21(27-17-7-9-34-10-8-17)25-12-20(19)35-14-18(24(30)33)28-23(32)22-26-15-31(29-22)13-16-5-3-2-4-6-16/h2-6,11-12,15,17-18H,7-10,13-14H2,1H3,(H,25,27)(H,28,32)/t18-/m0/s1. The minimum atomic E-state index is -0.710. The summed E-state index contributed by atoms with van der Waals surface area (Å²) in [5, 5.41) is 10.5. The van der Waals surface area contributed by atoms with Gasteiger partial charge in [-0.25, -0.2) is 14.6 Å². The van der Waals surface area contributed by atoms with E-state index in [4.69, 9.17) is 4.74 Å². The summed E-state index contributed by atoms with van der Waals surface area (Å²) in [5.41, 5.74) is 1.82. The molecule has 2 aliphatic heterocycles. The van der Waals surface area contributed by atoms with Crippen LogP contribution in [0.25, 0.3) is 0 Å². The Balaban J connectivity index is 1.24. The molecule has 3 aromatic rings. The molecular formula is C24H27N7O3S. The van der Waals surface area contributed by atoms with E-state index in [9.17, 15) is 9.59 Å². The maximum absolute atomic E-state index is 13.2. The minimum Gasteiger partial charge on any atom is -0.381 e. The summed E-state index contributed by atoms with van der Waals surface area (Å²) in [7, 11) is 1.72. The zero-order valence-electron chi connectivity index (χ0n) is 19.4. The van der Waals surface area contributed by atoms with Crippen LogP contribution in [-0.2, 0) is 16.1 Å². The number of carbonyl (C=O) groups is 2. The highest BCUT2D eigenvalue weighted by atomic mass is 32.2. The van der Waals surface area contributed by atoms with Crippen molar-refractivity contribution < 1.29 is 14.3 Å². The molecule has 11 heteroatoms. The van der Waals surface area contributed by atoms with E-state index in [1.807, 2.05) is 36.4 Å². The molecule has 0 unspecified atom stereocenters. The second-order valence-electron chi connectivity index (χ2n) is 8.55. The Morgan fingerprint density at radius 1 is 1.20 bits per heavy atom. The lowest BCUT2D eigenvalue weighted by molar-refractivity contribution is -0.119. The van der Waals surface area contributed by atoms with Gasteiger partial charge in [-0.05, 0) is 18.4 Å². The summed E-state index contributed by atoms with van der Waals surface area (Å²) >= 11 is 1.49. The summed E-state index contributed by atoms with van der Waals surface area (Å²) in [5.74, 6) is 0.479. The van der Waals surface area contributed by atoms with Crippen LogP contribution in [0.2, 0.25) is 0 Å². The molecule has 35 heavy (non-hydrogen) atoms. The highest BCUT2D eigenvalue weighted by Crippen LogP contribution is 2.35. The Kier molecular flexibility index (Phi) is 6.96. The number of amides is 2. The number of aromatic nitrogens is 4. The Bertz CT molecular complexity index is 1200. The predicted octanol–water partition coefficient (Wildman–Crippen LogP) is 2.18. The van der Waals surface area contributed by atoms with Crippen molar-refractivity contribution in [3.05, 3.63) is 60.3 Å². The lowest BCUT2D eigenvalue weighted by Crippen LogP contribution is -2.48. The van der Waals surface area contributed by atoms with Crippen molar-refractivity contribution in [3.63, 3.8) is 0 Å². The fourth-order valence-electron chi connectivity index (χ4n) is 4.10. The van der Waals surface area contributed by atoms with Crippen molar-refractivity contribution in [1.29, 1.82) is 0 Å². The Hall–Kier alpha value is -3.44. The van der Waals surface area contributed by atoms with Gasteiger partial charge in [0.05, 0.1) is 12.2 Å². The zero-order valence-corrected chi connectivity index (χ0v) is 20.2. The average molecular weight is 494 g/mol. The van der Waals surface area contributed by atoms with Gasteiger partial charge in [0.1, 0.15) is 18.2 Å². The number of rotatable bonds is 6. The Morgan fingerprint density at radius 2 is 2.00 bits per heavy atom. The molecular weight excluding hydrogens is 466 g/mol. The third-order valence-corrected chi connectivity index (χ3v) is 7.17. The van der Waals surface area contributed by atoms with Gasteiger partial charge in [-0.15, -0.1) is 16.9 Å². The maximum Gasteiger partial charge on any atom is 0.291 e. The molecule has 0 saturated carbocycles. The number of likely N-dealkylation sites (N-methyl/N-ethyl adjacent to an activating group) is 1. The molecule has 2 aromatic heterocycles. The predicted molar refractivity (Wildman–Crippen MR) is 133 cm³/mol. The van der Waals surface area contributed by atoms with E-state index >= 15 is 0 Å². The van der Waals surface area contributed by atoms with E-state index < -0.39 is 11.9 Å². The molecule has 1 saturated heterocycles. The largest absolute Gasteiger partial charge is 0.381 e. The highest BCUT2D eigenvalue weighted by Gasteiger charge is 2.31. The molecule has 2 aliphatic rings. The van der Waals surface area contributed by atoms with Gasteiger partial charge >= 0.3 is 0 Å². The van der Waals surface area contributed by atoms with Crippen molar-refractivity contribution >= 4 is 35.1 Å². The van der Waals surface area contributed by atoms with Crippen LogP contribution in [0.5, 0.6) is 0 Å². The van der Waals surface area contributed by atoms with Gasteiger partial charge in [-0.1, -0.05) is 30.3 Å². The number of benzene rings is 1. The molecule has 10 nitrogen and oxygen atoms in total. The van der Waals surface area contributed by atoms with Crippen molar-refractivity contribution in [2.45, 2.75) is 36.4 Å². The van der Waals surface area contributed by atoms with Crippen LogP contribution in [-0.4, -0.2) is 69.7 Å². The molecule has 4 heterocycles. The first kappa shape index (κ1) is 23.3. The van der Waals surface area contributed by atoms with Gasteiger partial charge in [0, 0.05) is 49.2 Å². The monoisotopic (exact) mass is 493 g/mol. The molecule has 0 radical (unpaired) electrons. The SMILES string of the molecule is CN1C(=O)[C@@H](NC(=O)c2ncn(Cc3ccccc3)n2)CSc2cnc(NC3CCOCC3)cc21. The van der Waals surface area contributed by atoms with E-state index in [-0.39, 0.29) is 11.7 Å². The Morgan fingerprint density at radius 3 is 2.80 bits per heavy atom. The van der Waals surface area contributed by atoms with Crippen LogP contribution in [0.3, 0.4) is 0 Å². The summed E-state index contributed by atoms with van der Waals surface area (Å²) < 4.78 is 7.02. The first-order chi connectivity index (χ1) is 17.1. The second-order valence-corrected chi connectivity index (χ2v) is 9.62. The quantitative estimate of drug-likeness (QED) is 0.537. The molecule has 0 aliphatic carbocycles. The molecule has 182 valence electrons. The van der Waals surface area contributed by atoms with Gasteiger partial charge in [-0.3, -0.25) is 9.59 Å². The number of fused-ring (bicyclic) bond motifs is 1. The van der Waals surface area contributed by atoms with Crippen LogP contribution in [0, 0.1) is 0 Å². The summed E-state index contributed by atoms with van der Waals surface area (Å²) in [6.45, 7) is 1.98. The fraction of sp³-hybridized carbons (Fsp3) is 0.375. The van der Waals surface area contributed by atoms with E-state index in [1.165, 1.54) is 18.1 Å². The van der Waals surface area contributed by atoms with Gasteiger partial charge in [0.15, 0.2) is 0 Å². The van der Waals surface area contributed by atoms with Crippen LogP contribution in [0.1, 0.15) is 29.0 Å². The van der Waals surface area contributed by atoms with Crippen molar-refractivity contribution in [2.24, 2.45) is 0 Å². The van der Waals surface area contributed by atoms with Crippen LogP contribution in [0.4, 0.5) is 11.5 Å². The molecule has 2 N–H and O–H groups in total. The maximum atomic E-state index is 13.2. The number of ether oxygens (including phenoxy) is 1. The normalized spacial score (nSPS) is 18.6. The van der Waals surface area contributed by atoms with Gasteiger partial charge < -0.3 is 20.3 Å².